The van der Waals surface area contributed by atoms with Crippen molar-refractivity contribution in [3.8, 4) is 0 Å². The summed E-state index contributed by atoms with van der Waals surface area (Å²) in [6.07, 6.45) is 1.28. The fourth-order valence-electron chi connectivity index (χ4n) is 1.82. The third-order valence-electron chi connectivity index (χ3n) is 2.72. The van der Waals surface area contributed by atoms with Gasteiger partial charge in [-0.25, -0.2) is 0 Å². The van der Waals surface area contributed by atoms with Gasteiger partial charge in [0.15, 0.2) is 0 Å². The molecule has 0 aliphatic carbocycles. The van der Waals surface area contributed by atoms with Crippen LogP contribution in [0.25, 0.3) is 0 Å². The number of carbonyl (C=O) groups is 2. The molecule has 1 aromatic carbocycles. The highest BCUT2D eigenvalue weighted by atomic mass is 16.2. The first kappa shape index (κ1) is 16.2. The van der Waals surface area contributed by atoms with Gasteiger partial charge in [-0.1, -0.05) is 32.9 Å². The minimum Gasteiger partial charge on any atom is -0.356 e. The van der Waals surface area contributed by atoms with Crippen LogP contribution in [-0.4, -0.2) is 18.4 Å². The zero-order valence-corrected chi connectivity index (χ0v) is 12.7. The van der Waals surface area contributed by atoms with Gasteiger partial charge in [-0.15, -0.1) is 0 Å². The van der Waals surface area contributed by atoms with Crippen molar-refractivity contribution in [1.29, 1.82) is 0 Å². The first-order chi connectivity index (χ1) is 9.26. The molecule has 1 aromatic rings. The van der Waals surface area contributed by atoms with E-state index in [1.807, 2.05) is 45.0 Å². The molecule has 0 spiro atoms. The maximum Gasteiger partial charge on any atom is 0.224 e. The Morgan fingerprint density at radius 3 is 2.20 bits per heavy atom. The topological polar surface area (TPSA) is 58.2 Å². The second-order valence-corrected chi connectivity index (χ2v) is 6.22. The molecule has 0 bridgehead atoms. The Labute approximate surface area is 121 Å². The largest absolute Gasteiger partial charge is 0.356 e. The molecule has 0 saturated heterocycles. The Morgan fingerprint density at radius 2 is 1.70 bits per heavy atom. The molecular weight excluding hydrogens is 252 g/mol. The maximum atomic E-state index is 11.8. The lowest BCUT2D eigenvalue weighted by Gasteiger charge is -2.17. The average Bonchev–Trinajstić information content (AvgIpc) is 2.28. The minimum absolute atomic E-state index is 0.0115. The number of hydrogen-bond acceptors (Lipinski definition) is 2. The lowest BCUT2D eigenvalue weighted by Crippen LogP contribution is -2.22. The molecular formula is C16H24N2O2. The van der Waals surface area contributed by atoms with Gasteiger partial charge in [-0.2, -0.15) is 0 Å². The molecule has 20 heavy (non-hydrogen) atoms. The van der Waals surface area contributed by atoms with Crippen LogP contribution in [0, 0.1) is 5.41 Å². The second-order valence-electron chi connectivity index (χ2n) is 6.22. The van der Waals surface area contributed by atoms with Crippen molar-refractivity contribution >= 4 is 17.5 Å². The number of hydrogen-bond donors (Lipinski definition) is 2. The van der Waals surface area contributed by atoms with Crippen LogP contribution in [0.3, 0.4) is 0 Å². The summed E-state index contributed by atoms with van der Waals surface area (Å²) in [7, 11) is 0. The highest BCUT2D eigenvalue weighted by Gasteiger charge is 2.15. The normalized spacial score (nSPS) is 11.0. The minimum atomic E-state index is -0.0175. The van der Waals surface area contributed by atoms with Crippen LogP contribution in [0.2, 0.25) is 0 Å². The van der Waals surface area contributed by atoms with Crippen LogP contribution in [0.15, 0.2) is 24.3 Å². The van der Waals surface area contributed by atoms with Crippen molar-refractivity contribution in [2.45, 2.75) is 40.5 Å². The van der Waals surface area contributed by atoms with Gasteiger partial charge in [0.25, 0.3) is 0 Å². The van der Waals surface area contributed by atoms with Gasteiger partial charge in [0.1, 0.15) is 0 Å². The Hall–Kier alpha value is -1.84. The van der Waals surface area contributed by atoms with Gasteiger partial charge in [0.05, 0.1) is 0 Å². The van der Waals surface area contributed by atoms with Crippen molar-refractivity contribution in [1.82, 2.24) is 5.32 Å². The van der Waals surface area contributed by atoms with Crippen molar-refractivity contribution < 1.29 is 9.59 Å². The number of amides is 2. The second kappa shape index (κ2) is 7.08. The zero-order valence-electron chi connectivity index (χ0n) is 12.7. The third kappa shape index (κ3) is 6.92. The van der Waals surface area contributed by atoms with Crippen LogP contribution in [0.1, 0.15) is 39.7 Å². The van der Waals surface area contributed by atoms with Crippen molar-refractivity contribution in [3.05, 3.63) is 29.8 Å². The van der Waals surface area contributed by atoms with Crippen LogP contribution < -0.4 is 10.6 Å². The molecule has 0 heterocycles. The van der Waals surface area contributed by atoms with Crippen LogP contribution in [-0.2, 0) is 16.0 Å². The molecule has 0 fully saturated rings. The number of rotatable bonds is 5. The predicted octanol–water partition coefficient (Wildman–Crippen LogP) is 2.74. The monoisotopic (exact) mass is 276 g/mol. The van der Waals surface area contributed by atoms with E-state index in [9.17, 15) is 9.59 Å². The molecule has 0 unspecified atom stereocenters. The predicted molar refractivity (Wildman–Crippen MR) is 81.5 cm³/mol. The SMILES string of the molecule is CC(=O)NCCc1ccc(NC(=O)CC(C)(C)C)cc1. The molecule has 2 amide bonds. The van der Waals surface area contributed by atoms with E-state index in [2.05, 4.69) is 10.6 Å². The number of anilines is 1. The van der Waals surface area contributed by atoms with E-state index in [1.54, 1.807) is 0 Å². The fraction of sp³-hybridized carbons (Fsp3) is 0.500. The van der Waals surface area contributed by atoms with E-state index < -0.39 is 0 Å². The molecule has 1 rings (SSSR count). The van der Waals surface area contributed by atoms with Gasteiger partial charge in [-0.05, 0) is 29.5 Å². The van der Waals surface area contributed by atoms with Gasteiger partial charge < -0.3 is 10.6 Å². The molecule has 4 nitrogen and oxygen atoms in total. The summed E-state index contributed by atoms with van der Waals surface area (Å²) >= 11 is 0. The highest BCUT2D eigenvalue weighted by Crippen LogP contribution is 2.19. The summed E-state index contributed by atoms with van der Waals surface area (Å²) in [5, 5.41) is 5.65. The summed E-state index contributed by atoms with van der Waals surface area (Å²) in [4.78, 5) is 22.6. The number of nitrogens with one attached hydrogen (secondary N) is 2. The third-order valence-corrected chi connectivity index (χ3v) is 2.72. The van der Waals surface area contributed by atoms with Gasteiger partial charge in [0, 0.05) is 25.6 Å². The molecule has 110 valence electrons. The molecule has 0 radical (unpaired) electrons. The quantitative estimate of drug-likeness (QED) is 0.868. The zero-order chi connectivity index (χ0) is 15.2. The summed E-state index contributed by atoms with van der Waals surface area (Å²) in [5.74, 6) is 0.0135. The Balaban J connectivity index is 2.46. The van der Waals surface area contributed by atoms with Crippen molar-refractivity contribution in [2.75, 3.05) is 11.9 Å². The highest BCUT2D eigenvalue weighted by molar-refractivity contribution is 5.91. The summed E-state index contributed by atoms with van der Waals surface area (Å²) in [5.41, 5.74) is 1.93. The van der Waals surface area contributed by atoms with Crippen molar-refractivity contribution in [2.24, 2.45) is 5.41 Å². The molecule has 0 aromatic heterocycles. The lowest BCUT2D eigenvalue weighted by atomic mass is 9.92. The number of carbonyl (C=O) groups excluding carboxylic acids is 2. The Bertz CT molecular complexity index is 458. The fourth-order valence-corrected chi connectivity index (χ4v) is 1.82. The standard InChI is InChI=1S/C16H24N2O2/c1-12(19)17-10-9-13-5-7-14(8-6-13)18-15(20)11-16(2,3)4/h5-8H,9-11H2,1-4H3,(H,17,19)(H,18,20). The molecule has 4 heteroatoms. The van der Waals surface area contributed by atoms with Crippen LogP contribution in [0.4, 0.5) is 5.69 Å². The van der Waals surface area contributed by atoms with E-state index in [0.717, 1.165) is 17.7 Å². The molecule has 0 atom stereocenters. The van der Waals surface area contributed by atoms with Crippen molar-refractivity contribution in [3.63, 3.8) is 0 Å². The average molecular weight is 276 g/mol. The van der Waals surface area contributed by atoms with Gasteiger partial charge in [-0.3, -0.25) is 9.59 Å². The van der Waals surface area contributed by atoms with E-state index in [0.29, 0.717) is 13.0 Å². The maximum absolute atomic E-state index is 11.8. The van der Waals surface area contributed by atoms with E-state index >= 15 is 0 Å². The van der Waals surface area contributed by atoms with Gasteiger partial charge >= 0.3 is 0 Å². The summed E-state index contributed by atoms with van der Waals surface area (Å²) in [6, 6.07) is 7.72. The first-order valence-corrected chi connectivity index (χ1v) is 6.89. The molecule has 2 N–H and O–H groups in total. The van der Waals surface area contributed by atoms with E-state index in [-0.39, 0.29) is 17.2 Å². The van der Waals surface area contributed by atoms with Gasteiger partial charge in [0.2, 0.25) is 11.8 Å². The lowest BCUT2D eigenvalue weighted by molar-refractivity contribution is -0.119. The number of benzene rings is 1. The summed E-state index contributed by atoms with van der Waals surface area (Å²) < 4.78 is 0. The molecule has 0 saturated carbocycles. The molecule has 0 aliphatic heterocycles. The summed E-state index contributed by atoms with van der Waals surface area (Å²) in [6.45, 7) is 8.26. The Morgan fingerprint density at radius 1 is 1.10 bits per heavy atom. The van der Waals surface area contributed by atoms with Crippen LogP contribution in [0.5, 0.6) is 0 Å². The Kier molecular flexibility index (Phi) is 5.74. The smallest absolute Gasteiger partial charge is 0.224 e. The van der Waals surface area contributed by atoms with Crippen LogP contribution >= 0.6 is 0 Å². The first-order valence-electron chi connectivity index (χ1n) is 6.89. The van der Waals surface area contributed by atoms with E-state index in [1.165, 1.54) is 6.92 Å². The van der Waals surface area contributed by atoms with E-state index in [4.69, 9.17) is 0 Å². The molecule has 0 aliphatic rings.